The molecule has 1 amide bonds. The van der Waals surface area contributed by atoms with Crippen LogP contribution in [-0.2, 0) is 9.47 Å². The van der Waals surface area contributed by atoms with E-state index in [4.69, 9.17) is 9.47 Å². The van der Waals surface area contributed by atoms with Crippen LogP contribution in [0.2, 0.25) is 0 Å². The van der Waals surface area contributed by atoms with E-state index in [1.54, 1.807) is 0 Å². The van der Waals surface area contributed by atoms with Gasteiger partial charge >= 0.3 is 11.8 Å². The largest absolute Gasteiger partial charge is 0.449 e. The summed E-state index contributed by atoms with van der Waals surface area (Å²) in [5.41, 5.74) is -0.696. The smallest absolute Gasteiger partial charge is 0.412 e. The molecule has 1 N–H and O–H groups in total. The summed E-state index contributed by atoms with van der Waals surface area (Å²) in [6.07, 6.45) is 1.62. The number of nitrogens with zero attached hydrogens (tertiary/aromatic N) is 2. The number of aromatic nitrogens is 2. The fourth-order valence-corrected chi connectivity index (χ4v) is 1.85. The van der Waals surface area contributed by atoms with Crippen molar-refractivity contribution in [1.82, 2.24) is 9.55 Å². The molecule has 0 radical (unpaired) electrons. The lowest BCUT2D eigenvalue weighted by Gasteiger charge is -2.21. The molecule has 0 aromatic carbocycles. The summed E-state index contributed by atoms with van der Waals surface area (Å²) in [5.74, 6) is -0.940. The van der Waals surface area contributed by atoms with Crippen LogP contribution in [0.25, 0.3) is 0 Å². The predicted octanol–water partition coefficient (Wildman–Crippen LogP) is 3.31. The van der Waals surface area contributed by atoms with E-state index in [9.17, 15) is 14.0 Å². The Morgan fingerprint density at radius 2 is 2.08 bits per heavy atom. The highest BCUT2D eigenvalue weighted by atomic mass is 19.1. The molecule has 136 valence electrons. The maximum atomic E-state index is 14.1. The monoisotopic (exact) mass is 343 g/mol. The van der Waals surface area contributed by atoms with E-state index in [0.29, 0.717) is 25.4 Å². The first-order chi connectivity index (χ1) is 11.4. The predicted molar refractivity (Wildman–Crippen MR) is 88.5 cm³/mol. The van der Waals surface area contributed by atoms with Crippen molar-refractivity contribution < 1.29 is 18.7 Å². The minimum atomic E-state index is -0.847. The van der Waals surface area contributed by atoms with Crippen molar-refractivity contribution in [2.24, 2.45) is 5.92 Å². The van der Waals surface area contributed by atoms with Crippen LogP contribution in [0.4, 0.5) is 15.0 Å². The molecule has 0 fully saturated rings. The molecule has 24 heavy (non-hydrogen) atoms. The van der Waals surface area contributed by atoms with Gasteiger partial charge in [-0.3, -0.25) is 9.88 Å². The van der Waals surface area contributed by atoms with Crippen LogP contribution >= 0.6 is 0 Å². The molecule has 0 spiro atoms. The molecule has 0 aliphatic carbocycles. The van der Waals surface area contributed by atoms with E-state index in [-0.39, 0.29) is 6.61 Å². The Kier molecular flexibility index (Phi) is 8.39. The molecular formula is C16H26FN3O4. The lowest BCUT2D eigenvalue weighted by Crippen LogP contribution is -2.31. The number of anilines is 1. The fourth-order valence-electron chi connectivity index (χ4n) is 1.85. The summed E-state index contributed by atoms with van der Waals surface area (Å²) >= 11 is 0. The van der Waals surface area contributed by atoms with E-state index < -0.39 is 29.6 Å². The van der Waals surface area contributed by atoms with E-state index in [1.165, 1.54) is 0 Å². The Labute approximate surface area is 141 Å². The van der Waals surface area contributed by atoms with Crippen molar-refractivity contribution >= 4 is 11.9 Å². The summed E-state index contributed by atoms with van der Waals surface area (Å²) in [6.45, 7) is 8.40. The zero-order chi connectivity index (χ0) is 18.1. The Bertz CT molecular complexity index is 591. The Morgan fingerprint density at radius 1 is 1.38 bits per heavy atom. The minimum Gasteiger partial charge on any atom is -0.449 e. The lowest BCUT2D eigenvalue weighted by atomic mass is 10.1. The van der Waals surface area contributed by atoms with Gasteiger partial charge in [0.15, 0.2) is 11.6 Å². The van der Waals surface area contributed by atoms with Gasteiger partial charge in [-0.1, -0.05) is 34.1 Å². The third kappa shape index (κ3) is 5.92. The van der Waals surface area contributed by atoms with Crippen LogP contribution in [0, 0.1) is 11.7 Å². The fraction of sp³-hybridized carbons (Fsp3) is 0.688. The average molecular weight is 343 g/mol. The first-order valence-electron chi connectivity index (χ1n) is 8.26. The van der Waals surface area contributed by atoms with Gasteiger partial charge in [0.2, 0.25) is 0 Å². The topological polar surface area (TPSA) is 82.5 Å². The number of hydrogen-bond acceptors (Lipinski definition) is 5. The molecule has 0 bridgehead atoms. The van der Waals surface area contributed by atoms with Gasteiger partial charge in [0.25, 0.3) is 0 Å². The van der Waals surface area contributed by atoms with E-state index in [2.05, 4.69) is 10.3 Å². The second kappa shape index (κ2) is 10.0. The van der Waals surface area contributed by atoms with E-state index in [0.717, 1.165) is 17.2 Å². The summed E-state index contributed by atoms with van der Waals surface area (Å²) in [6, 6.07) is 0. The maximum Gasteiger partial charge on any atom is 0.412 e. The molecule has 1 aromatic heterocycles. The van der Waals surface area contributed by atoms with Crippen molar-refractivity contribution in [1.29, 1.82) is 0 Å². The van der Waals surface area contributed by atoms with Gasteiger partial charge in [-0.05, 0) is 18.8 Å². The number of ether oxygens (including phenoxy) is 2. The number of rotatable bonds is 9. The highest BCUT2D eigenvalue weighted by Gasteiger charge is 2.18. The van der Waals surface area contributed by atoms with Crippen molar-refractivity contribution in [3.05, 3.63) is 22.5 Å². The quantitative estimate of drug-likeness (QED) is 0.744. The molecule has 1 aromatic rings. The van der Waals surface area contributed by atoms with Crippen LogP contribution in [0.3, 0.4) is 0 Å². The molecule has 1 rings (SSSR count). The molecule has 0 saturated heterocycles. The number of nitrogens with one attached hydrogen (secondary N) is 1. The Hall–Kier alpha value is -1.96. The highest BCUT2D eigenvalue weighted by molar-refractivity contribution is 5.83. The number of halogens is 1. The Morgan fingerprint density at radius 3 is 2.67 bits per heavy atom. The Balaban J connectivity index is 2.88. The first kappa shape index (κ1) is 20.1. The van der Waals surface area contributed by atoms with Crippen molar-refractivity contribution in [3.63, 3.8) is 0 Å². The molecule has 8 heteroatoms. The molecule has 7 nitrogen and oxygen atoms in total. The van der Waals surface area contributed by atoms with Crippen LogP contribution < -0.4 is 11.0 Å². The van der Waals surface area contributed by atoms with Gasteiger partial charge in [0.1, 0.15) is 6.23 Å². The van der Waals surface area contributed by atoms with Crippen LogP contribution in [0.15, 0.2) is 11.0 Å². The molecule has 0 aliphatic rings. The molecule has 1 heterocycles. The van der Waals surface area contributed by atoms with Gasteiger partial charge in [0, 0.05) is 0 Å². The highest BCUT2D eigenvalue weighted by Crippen LogP contribution is 2.16. The molecule has 1 unspecified atom stereocenters. The number of carbonyl (C=O) groups is 1. The minimum absolute atomic E-state index is 0.200. The summed E-state index contributed by atoms with van der Waals surface area (Å²) in [4.78, 5) is 27.1. The SMILES string of the molecule is CCCOC(=O)Nc1nc(=O)n([C@H](CC)OCC(C)CC)cc1F. The molecule has 0 saturated carbocycles. The van der Waals surface area contributed by atoms with E-state index >= 15 is 0 Å². The van der Waals surface area contributed by atoms with Gasteiger partial charge < -0.3 is 9.47 Å². The first-order valence-corrected chi connectivity index (χ1v) is 8.26. The molecular weight excluding hydrogens is 317 g/mol. The molecule has 0 aliphatic heterocycles. The van der Waals surface area contributed by atoms with Crippen molar-refractivity contribution in [2.75, 3.05) is 18.5 Å². The average Bonchev–Trinajstić information content (AvgIpc) is 2.57. The number of hydrogen-bond donors (Lipinski definition) is 1. The van der Waals surface area contributed by atoms with Crippen LogP contribution in [0.5, 0.6) is 0 Å². The zero-order valence-electron chi connectivity index (χ0n) is 14.7. The van der Waals surface area contributed by atoms with Gasteiger partial charge in [-0.15, -0.1) is 0 Å². The summed E-state index contributed by atoms with van der Waals surface area (Å²) in [7, 11) is 0. The van der Waals surface area contributed by atoms with Crippen molar-refractivity contribution in [2.45, 2.75) is 53.2 Å². The normalized spacial score (nSPS) is 13.4. The van der Waals surface area contributed by atoms with E-state index in [1.807, 2.05) is 27.7 Å². The third-order valence-corrected chi connectivity index (χ3v) is 3.49. The second-order valence-corrected chi connectivity index (χ2v) is 5.60. The second-order valence-electron chi connectivity index (χ2n) is 5.60. The zero-order valence-corrected chi connectivity index (χ0v) is 14.7. The van der Waals surface area contributed by atoms with Crippen LogP contribution in [-0.4, -0.2) is 28.9 Å². The van der Waals surface area contributed by atoms with Crippen molar-refractivity contribution in [3.8, 4) is 0 Å². The van der Waals surface area contributed by atoms with Gasteiger partial charge in [-0.25, -0.2) is 14.0 Å². The lowest BCUT2D eigenvalue weighted by molar-refractivity contribution is -0.0203. The summed E-state index contributed by atoms with van der Waals surface area (Å²) < 4.78 is 25.7. The maximum absolute atomic E-state index is 14.1. The van der Waals surface area contributed by atoms with Gasteiger partial charge in [0.05, 0.1) is 19.4 Å². The number of carbonyl (C=O) groups excluding carboxylic acids is 1. The molecule has 2 atom stereocenters. The number of amides is 1. The standard InChI is InChI=1S/C16H26FN3O4/c1-5-8-23-16(22)19-14-12(17)9-20(15(21)18-14)13(7-3)24-10-11(4)6-2/h9,11,13H,5-8,10H2,1-4H3,(H,18,19,21,22)/t11?,13-/m0/s1. The summed E-state index contributed by atoms with van der Waals surface area (Å²) in [5, 5.41) is 2.13. The third-order valence-electron chi connectivity index (χ3n) is 3.49. The van der Waals surface area contributed by atoms with Gasteiger partial charge in [-0.2, -0.15) is 4.98 Å². The van der Waals surface area contributed by atoms with Crippen LogP contribution in [0.1, 0.15) is 53.2 Å².